The molecule has 3 heterocycles. The molecule has 0 bridgehead atoms. The van der Waals surface area contributed by atoms with E-state index in [9.17, 15) is 24.0 Å². The fourth-order valence-electron chi connectivity index (χ4n) is 3.85. The van der Waals surface area contributed by atoms with Gasteiger partial charge in [0.1, 0.15) is 6.04 Å². The minimum absolute atomic E-state index is 0.0670. The molecule has 1 fully saturated rings. The van der Waals surface area contributed by atoms with E-state index in [4.69, 9.17) is 4.74 Å². The fourth-order valence-corrected chi connectivity index (χ4v) is 3.85. The van der Waals surface area contributed by atoms with E-state index in [0.717, 1.165) is 10.5 Å². The fraction of sp³-hybridized carbons (Fsp3) is 0.304. The van der Waals surface area contributed by atoms with Crippen LogP contribution in [0.3, 0.4) is 0 Å². The van der Waals surface area contributed by atoms with Crippen molar-refractivity contribution < 1.29 is 28.7 Å². The molecule has 1 N–H and O–H groups in total. The highest BCUT2D eigenvalue weighted by Gasteiger charge is 2.44. The lowest BCUT2D eigenvalue weighted by atomic mass is 10.00. The summed E-state index contributed by atoms with van der Waals surface area (Å²) < 4.78 is 5.27. The van der Waals surface area contributed by atoms with Gasteiger partial charge < -0.3 is 4.74 Å². The number of carbonyl (C=O) groups excluding carboxylic acids is 5. The van der Waals surface area contributed by atoms with Gasteiger partial charge in [0.15, 0.2) is 5.78 Å². The number of hydrogen-bond donors (Lipinski definition) is 1. The van der Waals surface area contributed by atoms with Crippen molar-refractivity contribution in [3.63, 3.8) is 0 Å². The van der Waals surface area contributed by atoms with Crippen molar-refractivity contribution in [3.05, 3.63) is 58.8 Å². The molecule has 2 aliphatic rings. The molecule has 0 radical (unpaired) electrons. The first-order valence-corrected chi connectivity index (χ1v) is 10.4. The average Bonchev–Trinajstić information content (AvgIpc) is 3.03. The molecule has 0 saturated carbocycles. The van der Waals surface area contributed by atoms with Gasteiger partial charge in [-0.3, -0.25) is 34.2 Å². The van der Waals surface area contributed by atoms with E-state index in [1.807, 2.05) is 6.92 Å². The minimum Gasteiger partial charge on any atom is -0.478 e. The highest BCUT2D eigenvalue weighted by molar-refractivity contribution is 6.23. The van der Waals surface area contributed by atoms with Crippen LogP contribution in [0.25, 0.3) is 0 Å². The number of aromatic nitrogens is 1. The Hall–Kier alpha value is -3.88. The number of ketones is 1. The third kappa shape index (κ3) is 4.01. The Labute approximate surface area is 183 Å². The number of nitrogens with one attached hydrogen (secondary N) is 1. The number of fused-ring (bicyclic) bond motifs is 1. The van der Waals surface area contributed by atoms with Crippen LogP contribution in [0.4, 0.5) is 0 Å². The molecule has 1 saturated heterocycles. The summed E-state index contributed by atoms with van der Waals surface area (Å²) in [5.74, 6) is -1.84. The number of piperidine rings is 1. The summed E-state index contributed by atoms with van der Waals surface area (Å²) in [5.41, 5.74) is 1.60. The van der Waals surface area contributed by atoms with Gasteiger partial charge in [0.05, 0.1) is 17.7 Å². The zero-order valence-corrected chi connectivity index (χ0v) is 17.4. The number of pyridine rings is 1. The molecule has 9 heteroatoms. The number of aryl methyl sites for hydroxylation is 1. The zero-order valence-electron chi connectivity index (χ0n) is 17.4. The van der Waals surface area contributed by atoms with Crippen molar-refractivity contribution >= 4 is 29.4 Å². The molecule has 1 aromatic heterocycles. The summed E-state index contributed by atoms with van der Waals surface area (Å²) in [5, 5.41) is 2.17. The molecule has 1 atom stereocenters. The number of hydrogen-bond acceptors (Lipinski definition) is 7. The van der Waals surface area contributed by atoms with Crippen LogP contribution in [0.15, 0.2) is 36.5 Å². The maximum Gasteiger partial charge on any atom is 0.262 e. The number of benzene rings is 1. The summed E-state index contributed by atoms with van der Waals surface area (Å²) in [7, 11) is 0. The first kappa shape index (κ1) is 21.4. The quantitative estimate of drug-likeness (QED) is 0.519. The summed E-state index contributed by atoms with van der Waals surface area (Å²) in [4.78, 5) is 66.6. The first-order chi connectivity index (χ1) is 15.4. The normalized spacial score (nSPS) is 17.9. The van der Waals surface area contributed by atoms with Crippen LogP contribution in [-0.4, -0.2) is 51.9 Å². The van der Waals surface area contributed by atoms with Crippen LogP contribution in [0, 0.1) is 0 Å². The molecular weight excluding hydrogens is 414 g/mol. The second kappa shape index (κ2) is 8.70. The number of ether oxygens (including phenoxy) is 1. The molecule has 164 valence electrons. The number of rotatable bonds is 7. The summed E-state index contributed by atoms with van der Waals surface area (Å²) in [6.45, 7) is 2.33. The van der Waals surface area contributed by atoms with Crippen LogP contribution < -0.4 is 10.1 Å². The predicted octanol–water partition coefficient (Wildman–Crippen LogP) is 1.70. The highest BCUT2D eigenvalue weighted by atomic mass is 16.5. The number of carbonyl (C=O) groups is 5. The summed E-state index contributed by atoms with van der Waals surface area (Å²) in [6, 6.07) is 7.12. The second-order valence-electron chi connectivity index (χ2n) is 7.57. The SMILES string of the molecule is CCOc1ccc(C(=O)CCc2ccc3c(c2)C(=O)N(C2CCC(=O)NC2=O)C3=O)cn1. The standard InChI is InChI=1S/C23H21N3O6/c1-2-32-20-10-5-14(12-24-20)18(27)8-4-13-3-6-15-16(11-13)23(31)26(22(15)30)17-7-9-19(28)25-21(17)29/h3,5-6,10-12,17H,2,4,7-9H2,1H3,(H,25,28,29). The van der Waals surface area contributed by atoms with Crippen molar-refractivity contribution in [1.29, 1.82) is 0 Å². The number of Topliss-reactive ketones (excluding diaryl/α,β-unsaturated/α-hetero) is 1. The Morgan fingerprint density at radius 3 is 2.59 bits per heavy atom. The third-order valence-electron chi connectivity index (χ3n) is 5.50. The zero-order chi connectivity index (χ0) is 22.8. The lowest BCUT2D eigenvalue weighted by Gasteiger charge is -2.27. The van der Waals surface area contributed by atoms with Gasteiger partial charge in [-0.05, 0) is 43.5 Å². The Morgan fingerprint density at radius 2 is 1.91 bits per heavy atom. The molecule has 1 unspecified atom stereocenters. The predicted molar refractivity (Wildman–Crippen MR) is 111 cm³/mol. The number of amides is 4. The number of imide groups is 2. The molecule has 4 amide bonds. The Kier molecular flexibility index (Phi) is 5.81. The molecule has 32 heavy (non-hydrogen) atoms. The monoisotopic (exact) mass is 435 g/mol. The van der Waals surface area contributed by atoms with Gasteiger partial charge in [-0.2, -0.15) is 0 Å². The van der Waals surface area contributed by atoms with Crippen molar-refractivity contribution in [2.45, 2.75) is 38.6 Å². The van der Waals surface area contributed by atoms with Crippen LogP contribution in [0.2, 0.25) is 0 Å². The van der Waals surface area contributed by atoms with Crippen molar-refractivity contribution in [2.75, 3.05) is 6.61 Å². The highest BCUT2D eigenvalue weighted by Crippen LogP contribution is 2.28. The third-order valence-corrected chi connectivity index (χ3v) is 5.50. The van der Waals surface area contributed by atoms with E-state index in [0.29, 0.717) is 24.5 Å². The molecule has 0 spiro atoms. The van der Waals surface area contributed by atoms with E-state index in [-0.39, 0.29) is 36.2 Å². The molecule has 1 aromatic carbocycles. The van der Waals surface area contributed by atoms with Gasteiger partial charge >= 0.3 is 0 Å². The van der Waals surface area contributed by atoms with Gasteiger partial charge in [-0.15, -0.1) is 0 Å². The molecule has 9 nitrogen and oxygen atoms in total. The largest absolute Gasteiger partial charge is 0.478 e. The lowest BCUT2D eigenvalue weighted by Crippen LogP contribution is -2.54. The minimum atomic E-state index is -1.00. The molecule has 0 aliphatic carbocycles. The van der Waals surface area contributed by atoms with E-state index < -0.39 is 29.7 Å². The molecule has 2 aromatic rings. The Morgan fingerprint density at radius 1 is 1.12 bits per heavy atom. The van der Waals surface area contributed by atoms with Gasteiger partial charge in [-0.1, -0.05) is 6.07 Å². The Balaban J connectivity index is 1.45. The van der Waals surface area contributed by atoms with E-state index in [2.05, 4.69) is 10.3 Å². The average molecular weight is 435 g/mol. The number of nitrogens with zero attached hydrogens (tertiary/aromatic N) is 2. The van der Waals surface area contributed by atoms with Gasteiger partial charge in [-0.25, -0.2) is 4.98 Å². The van der Waals surface area contributed by atoms with Crippen LogP contribution in [0.1, 0.15) is 62.8 Å². The van der Waals surface area contributed by atoms with Crippen molar-refractivity contribution in [2.24, 2.45) is 0 Å². The molecule has 2 aliphatic heterocycles. The van der Waals surface area contributed by atoms with Gasteiger partial charge in [0.2, 0.25) is 17.7 Å². The van der Waals surface area contributed by atoms with Crippen LogP contribution in [0.5, 0.6) is 5.88 Å². The van der Waals surface area contributed by atoms with E-state index in [1.54, 1.807) is 30.3 Å². The van der Waals surface area contributed by atoms with Crippen LogP contribution in [-0.2, 0) is 16.0 Å². The summed E-state index contributed by atoms with van der Waals surface area (Å²) in [6.07, 6.45) is 2.22. The second-order valence-corrected chi connectivity index (χ2v) is 7.57. The summed E-state index contributed by atoms with van der Waals surface area (Å²) >= 11 is 0. The van der Waals surface area contributed by atoms with E-state index in [1.165, 1.54) is 6.20 Å². The lowest BCUT2D eigenvalue weighted by molar-refractivity contribution is -0.136. The topological polar surface area (TPSA) is 123 Å². The first-order valence-electron chi connectivity index (χ1n) is 10.4. The van der Waals surface area contributed by atoms with E-state index >= 15 is 0 Å². The van der Waals surface area contributed by atoms with Crippen LogP contribution >= 0.6 is 0 Å². The smallest absolute Gasteiger partial charge is 0.262 e. The van der Waals surface area contributed by atoms with Gasteiger partial charge in [0.25, 0.3) is 11.8 Å². The van der Waals surface area contributed by atoms with Gasteiger partial charge in [0, 0.05) is 30.7 Å². The maximum absolute atomic E-state index is 12.9. The Bertz CT molecular complexity index is 1130. The molecular formula is C23H21N3O6. The maximum atomic E-state index is 12.9. The molecule has 4 rings (SSSR count). The van der Waals surface area contributed by atoms with Crippen molar-refractivity contribution in [1.82, 2.24) is 15.2 Å². The van der Waals surface area contributed by atoms with Crippen molar-refractivity contribution in [3.8, 4) is 5.88 Å².